The summed E-state index contributed by atoms with van der Waals surface area (Å²) in [5.74, 6) is 1.25. The Kier molecular flexibility index (Phi) is 4.97. The van der Waals surface area contributed by atoms with E-state index in [0.29, 0.717) is 17.9 Å². The predicted octanol–water partition coefficient (Wildman–Crippen LogP) is 1.15. The van der Waals surface area contributed by atoms with Gasteiger partial charge in [0.25, 0.3) is 0 Å². The molecule has 0 aliphatic carbocycles. The minimum atomic E-state index is -0.0599. The molecule has 1 N–H and O–H groups in total. The molecule has 5 nitrogen and oxygen atoms in total. The van der Waals surface area contributed by atoms with Crippen molar-refractivity contribution in [1.29, 1.82) is 0 Å². The summed E-state index contributed by atoms with van der Waals surface area (Å²) in [6.45, 7) is 1.94. The molecule has 1 rings (SSSR count). The van der Waals surface area contributed by atoms with Crippen LogP contribution in [0, 0.1) is 6.92 Å². The first kappa shape index (κ1) is 14.3. The highest BCUT2D eigenvalue weighted by molar-refractivity contribution is 5.78. The van der Waals surface area contributed by atoms with Crippen LogP contribution in [0.1, 0.15) is 11.1 Å². The highest BCUT2D eigenvalue weighted by Crippen LogP contribution is 2.30. The van der Waals surface area contributed by atoms with Crippen molar-refractivity contribution < 1.29 is 14.3 Å². The first-order valence-corrected chi connectivity index (χ1v) is 5.66. The van der Waals surface area contributed by atoms with Gasteiger partial charge in [-0.1, -0.05) is 0 Å². The summed E-state index contributed by atoms with van der Waals surface area (Å²) in [7, 11) is 6.73. The van der Waals surface area contributed by atoms with E-state index in [1.165, 1.54) is 0 Å². The molecule has 0 fully saturated rings. The summed E-state index contributed by atoms with van der Waals surface area (Å²) in [4.78, 5) is 11.7. The number of amides is 1. The van der Waals surface area contributed by atoms with E-state index < -0.39 is 0 Å². The van der Waals surface area contributed by atoms with Crippen LogP contribution in [-0.4, -0.2) is 39.2 Å². The van der Waals surface area contributed by atoms with Gasteiger partial charge >= 0.3 is 0 Å². The molecule has 1 amide bonds. The summed E-state index contributed by atoms with van der Waals surface area (Å²) in [5, 5.41) is 1.62. The van der Waals surface area contributed by atoms with Crippen LogP contribution in [0.25, 0.3) is 0 Å². The van der Waals surface area contributed by atoms with Gasteiger partial charge in [-0.3, -0.25) is 10.2 Å². The number of benzene rings is 1. The molecule has 0 saturated heterocycles. The molecule has 0 heterocycles. The number of aryl methyl sites for hydroxylation is 1. The van der Waals surface area contributed by atoms with Crippen molar-refractivity contribution in [2.45, 2.75) is 13.3 Å². The molecular weight excluding hydrogens is 232 g/mol. The molecule has 0 unspecified atom stereocenters. The average Bonchev–Trinajstić information content (AvgIpc) is 2.30. The van der Waals surface area contributed by atoms with E-state index in [-0.39, 0.29) is 5.91 Å². The molecule has 0 aliphatic rings. The molecule has 0 aromatic heterocycles. The zero-order chi connectivity index (χ0) is 13.7. The van der Waals surface area contributed by atoms with E-state index in [1.54, 1.807) is 33.3 Å². The van der Waals surface area contributed by atoms with E-state index in [4.69, 9.17) is 9.47 Å². The van der Waals surface area contributed by atoms with E-state index in [0.717, 1.165) is 11.1 Å². The predicted molar refractivity (Wildman–Crippen MR) is 69.8 cm³/mol. The number of nitrogens with one attached hydrogen (secondary N) is 1. The monoisotopic (exact) mass is 252 g/mol. The fraction of sp³-hybridized carbons (Fsp3) is 0.462. The van der Waals surface area contributed by atoms with E-state index in [9.17, 15) is 4.79 Å². The van der Waals surface area contributed by atoms with Crippen molar-refractivity contribution >= 4 is 5.91 Å². The molecule has 1 aromatic carbocycles. The Balaban J connectivity index is 2.92. The van der Waals surface area contributed by atoms with Crippen molar-refractivity contribution in [3.05, 3.63) is 23.3 Å². The summed E-state index contributed by atoms with van der Waals surface area (Å²) < 4.78 is 10.4. The fourth-order valence-electron chi connectivity index (χ4n) is 1.68. The number of nitrogens with zero attached hydrogens (tertiary/aromatic N) is 1. The van der Waals surface area contributed by atoms with Gasteiger partial charge in [-0.25, -0.2) is 5.01 Å². The third-order valence-electron chi connectivity index (χ3n) is 2.54. The Bertz CT molecular complexity index is 430. The van der Waals surface area contributed by atoms with Crippen molar-refractivity contribution in [2.24, 2.45) is 0 Å². The van der Waals surface area contributed by atoms with Crippen LogP contribution in [-0.2, 0) is 11.2 Å². The summed E-state index contributed by atoms with van der Waals surface area (Å²) >= 11 is 0. The summed E-state index contributed by atoms with van der Waals surface area (Å²) in [5.41, 5.74) is 4.63. The molecular formula is C13H20N2O3. The Morgan fingerprint density at radius 3 is 2.28 bits per heavy atom. The number of hydrogen-bond acceptors (Lipinski definition) is 4. The summed E-state index contributed by atoms with van der Waals surface area (Å²) in [6, 6.07) is 3.71. The Labute approximate surface area is 108 Å². The van der Waals surface area contributed by atoms with Crippen molar-refractivity contribution in [3.63, 3.8) is 0 Å². The molecule has 0 saturated carbocycles. The van der Waals surface area contributed by atoms with Crippen molar-refractivity contribution in [1.82, 2.24) is 10.4 Å². The Hall–Kier alpha value is -1.75. The number of ether oxygens (including phenoxy) is 2. The van der Waals surface area contributed by atoms with Gasteiger partial charge in [0.05, 0.1) is 20.6 Å². The lowest BCUT2D eigenvalue weighted by Crippen LogP contribution is -2.37. The highest BCUT2D eigenvalue weighted by Gasteiger charge is 2.11. The number of carbonyl (C=O) groups is 1. The molecule has 5 heteroatoms. The van der Waals surface area contributed by atoms with Gasteiger partial charge in [-0.2, -0.15) is 0 Å². The third kappa shape index (κ3) is 3.63. The number of carbonyl (C=O) groups excluding carboxylic acids is 1. The van der Waals surface area contributed by atoms with Gasteiger partial charge in [0.15, 0.2) is 11.5 Å². The number of methoxy groups -OCH3 is 2. The molecule has 0 atom stereocenters. The minimum absolute atomic E-state index is 0.0599. The first-order chi connectivity index (χ1) is 8.47. The molecule has 18 heavy (non-hydrogen) atoms. The maximum Gasteiger partial charge on any atom is 0.238 e. The van der Waals surface area contributed by atoms with Crippen LogP contribution < -0.4 is 14.9 Å². The van der Waals surface area contributed by atoms with Crippen LogP contribution in [0.15, 0.2) is 12.1 Å². The van der Waals surface area contributed by atoms with Crippen LogP contribution in [0.3, 0.4) is 0 Å². The van der Waals surface area contributed by atoms with Crippen LogP contribution >= 0.6 is 0 Å². The fourth-order valence-corrected chi connectivity index (χ4v) is 1.68. The number of rotatable bonds is 5. The maximum atomic E-state index is 11.7. The standard InChI is InChI=1S/C13H20N2O3/c1-9-6-11(17-4)12(18-5)7-10(9)8-13(16)14-15(2)3/h6-7H,8H2,1-5H3,(H,14,16). The van der Waals surface area contributed by atoms with Crippen LogP contribution in [0.2, 0.25) is 0 Å². The van der Waals surface area contributed by atoms with Crippen molar-refractivity contribution in [2.75, 3.05) is 28.3 Å². The lowest BCUT2D eigenvalue weighted by atomic mass is 10.0. The lowest BCUT2D eigenvalue weighted by molar-refractivity contribution is -0.124. The van der Waals surface area contributed by atoms with E-state index >= 15 is 0 Å². The lowest BCUT2D eigenvalue weighted by Gasteiger charge is -2.15. The highest BCUT2D eigenvalue weighted by atomic mass is 16.5. The zero-order valence-electron chi connectivity index (χ0n) is 11.5. The first-order valence-electron chi connectivity index (χ1n) is 5.66. The topological polar surface area (TPSA) is 50.8 Å². The second kappa shape index (κ2) is 6.26. The second-order valence-electron chi connectivity index (χ2n) is 4.24. The molecule has 100 valence electrons. The maximum absolute atomic E-state index is 11.7. The molecule has 1 aromatic rings. The third-order valence-corrected chi connectivity index (χ3v) is 2.54. The quantitative estimate of drug-likeness (QED) is 0.799. The normalized spacial score (nSPS) is 10.3. The zero-order valence-corrected chi connectivity index (χ0v) is 11.5. The minimum Gasteiger partial charge on any atom is -0.493 e. The molecule has 0 aliphatic heterocycles. The van der Waals surface area contributed by atoms with Gasteiger partial charge < -0.3 is 9.47 Å². The van der Waals surface area contributed by atoms with Crippen molar-refractivity contribution in [3.8, 4) is 11.5 Å². The molecule has 0 bridgehead atoms. The van der Waals surface area contributed by atoms with Gasteiger partial charge in [-0.15, -0.1) is 0 Å². The average molecular weight is 252 g/mol. The van der Waals surface area contributed by atoms with E-state index in [1.807, 2.05) is 19.1 Å². The molecule has 0 spiro atoms. The van der Waals surface area contributed by atoms with Crippen LogP contribution in [0.5, 0.6) is 11.5 Å². The largest absolute Gasteiger partial charge is 0.493 e. The number of hydrogen-bond donors (Lipinski definition) is 1. The number of hydrazine groups is 1. The summed E-state index contributed by atoms with van der Waals surface area (Å²) in [6.07, 6.45) is 0.310. The van der Waals surface area contributed by atoms with Gasteiger partial charge in [0.1, 0.15) is 0 Å². The Morgan fingerprint density at radius 1 is 1.22 bits per heavy atom. The SMILES string of the molecule is COc1cc(C)c(CC(=O)NN(C)C)cc1OC. The van der Waals surface area contributed by atoms with Gasteiger partial charge in [0.2, 0.25) is 5.91 Å². The van der Waals surface area contributed by atoms with Gasteiger partial charge in [-0.05, 0) is 30.2 Å². The van der Waals surface area contributed by atoms with E-state index in [2.05, 4.69) is 5.43 Å². The van der Waals surface area contributed by atoms with Crippen LogP contribution in [0.4, 0.5) is 0 Å². The smallest absolute Gasteiger partial charge is 0.238 e. The Morgan fingerprint density at radius 2 is 1.78 bits per heavy atom. The molecule has 0 radical (unpaired) electrons. The second-order valence-corrected chi connectivity index (χ2v) is 4.24. The van der Waals surface area contributed by atoms with Gasteiger partial charge in [0, 0.05) is 14.1 Å².